The standard InChI is InChI=1S/C16H14BrIOS.C7H6OS/c1-11(10-13-4-2-3-5-15(13)18)19-16(20)12-6-8-14(17)9-7-12;8-7(9)6-4-2-1-3-5-6/h2-9,11H,10H2,1H3;1-5H,(H,8,9). The molecule has 0 aliphatic carbocycles. The van der Waals surface area contributed by atoms with Crippen LogP contribution in [0.2, 0.25) is 0 Å². The number of thiocarbonyl (C=S) groups is 1. The maximum atomic E-state index is 10.5. The Morgan fingerprint density at radius 1 is 1.00 bits per heavy atom. The van der Waals surface area contributed by atoms with Crippen LogP contribution in [-0.2, 0) is 11.2 Å². The molecule has 3 aromatic carbocycles. The first-order chi connectivity index (χ1) is 13.9. The SMILES string of the molecule is CC(Cc1ccccc1I)OC(=S)c1ccc(Br)cc1.O=C(S)c1ccccc1. The van der Waals surface area contributed by atoms with Gasteiger partial charge in [0.25, 0.3) is 0 Å². The van der Waals surface area contributed by atoms with Crippen molar-refractivity contribution in [1.82, 2.24) is 0 Å². The summed E-state index contributed by atoms with van der Waals surface area (Å²) in [5.41, 5.74) is 2.87. The summed E-state index contributed by atoms with van der Waals surface area (Å²) in [5.74, 6) is 0. The van der Waals surface area contributed by atoms with Crippen LogP contribution in [0.5, 0.6) is 0 Å². The van der Waals surface area contributed by atoms with Crippen molar-refractivity contribution in [2.75, 3.05) is 0 Å². The van der Waals surface area contributed by atoms with Crippen LogP contribution in [-0.4, -0.2) is 16.3 Å². The van der Waals surface area contributed by atoms with Gasteiger partial charge < -0.3 is 4.74 Å². The van der Waals surface area contributed by atoms with Crippen LogP contribution in [0.25, 0.3) is 0 Å². The Balaban J connectivity index is 0.000000278. The Bertz CT molecular complexity index is 947. The molecule has 1 unspecified atom stereocenters. The number of halogens is 2. The maximum absolute atomic E-state index is 10.5. The fraction of sp³-hybridized carbons (Fsp3) is 0.130. The van der Waals surface area contributed by atoms with E-state index in [1.54, 1.807) is 12.1 Å². The summed E-state index contributed by atoms with van der Waals surface area (Å²) in [5, 5.41) is 0.367. The van der Waals surface area contributed by atoms with E-state index < -0.39 is 0 Å². The maximum Gasteiger partial charge on any atom is 0.216 e. The van der Waals surface area contributed by atoms with Crippen molar-refractivity contribution in [2.45, 2.75) is 19.4 Å². The molecule has 29 heavy (non-hydrogen) atoms. The predicted octanol–water partition coefficient (Wildman–Crippen LogP) is 7.13. The van der Waals surface area contributed by atoms with E-state index in [9.17, 15) is 4.79 Å². The molecule has 6 heteroatoms. The molecule has 0 saturated heterocycles. The van der Waals surface area contributed by atoms with E-state index in [1.165, 1.54) is 9.13 Å². The Morgan fingerprint density at radius 2 is 1.59 bits per heavy atom. The van der Waals surface area contributed by atoms with E-state index in [4.69, 9.17) is 17.0 Å². The van der Waals surface area contributed by atoms with Crippen LogP contribution in [0.4, 0.5) is 0 Å². The first-order valence-electron chi connectivity index (χ1n) is 8.85. The fourth-order valence-electron chi connectivity index (χ4n) is 2.43. The van der Waals surface area contributed by atoms with Gasteiger partial charge in [-0.1, -0.05) is 64.5 Å². The predicted molar refractivity (Wildman–Crippen MR) is 139 cm³/mol. The molecule has 0 heterocycles. The lowest BCUT2D eigenvalue weighted by Crippen LogP contribution is -2.17. The highest BCUT2D eigenvalue weighted by atomic mass is 127. The van der Waals surface area contributed by atoms with E-state index >= 15 is 0 Å². The van der Waals surface area contributed by atoms with Crippen LogP contribution in [0.3, 0.4) is 0 Å². The topological polar surface area (TPSA) is 26.3 Å². The summed E-state index contributed by atoms with van der Waals surface area (Å²) in [6.07, 6.45) is 0.914. The monoisotopic (exact) mass is 598 g/mol. The third-order valence-electron chi connectivity index (χ3n) is 3.87. The lowest BCUT2D eigenvalue weighted by molar-refractivity contribution is 0.109. The normalized spacial score (nSPS) is 11.0. The molecule has 0 N–H and O–H groups in total. The van der Waals surface area contributed by atoms with Crippen molar-refractivity contribution in [2.24, 2.45) is 0 Å². The number of carbonyl (C=O) groups excluding carboxylic acids is 1. The molecule has 150 valence electrons. The molecule has 0 aromatic heterocycles. The molecule has 0 amide bonds. The van der Waals surface area contributed by atoms with Gasteiger partial charge in [0.2, 0.25) is 5.12 Å². The van der Waals surface area contributed by atoms with Gasteiger partial charge in [-0.3, -0.25) is 4.79 Å². The van der Waals surface area contributed by atoms with Crippen LogP contribution >= 0.6 is 63.4 Å². The molecule has 3 rings (SSSR count). The highest BCUT2D eigenvalue weighted by molar-refractivity contribution is 14.1. The minimum atomic E-state index is -0.185. The number of benzene rings is 3. The molecule has 3 aromatic rings. The van der Waals surface area contributed by atoms with Crippen molar-refractivity contribution < 1.29 is 9.53 Å². The summed E-state index contributed by atoms with van der Waals surface area (Å²) in [7, 11) is 0. The first-order valence-corrected chi connectivity index (χ1v) is 11.6. The molecule has 0 radical (unpaired) electrons. The zero-order chi connectivity index (χ0) is 21.2. The fourth-order valence-corrected chi connectivity index (χ4v) is 3.75. The third kappa shape index (κ3) is 8.58. The molecule has 0 spiro atoms. The molecular weight excluding hydrogens is 579 g/mol. The summed E-state index contributed by atoms with van der Waals surface area (Å²) < 4.78 is 8.15. The number of rotatable bonds is 5. The Labute approximate surface area is 204 Å². The Hall–Kier alpha value is -1.22. The number of carbonyl (C=O) groups is 1. The van der Waals surface area contributed by atoms with Gasteiger partial charge in [0, 0.05) is 25.6 Å². The van der Waals surface area contributed by atoms with Gasteiger partial charge in [0.15, 0.2) is 5.05 Å². The highest BCUT2D eigenvalue weighted by Crippen LogP contribution is 2.17. The Kier molecular flexibility index (Phi) is 10.3. The zero-order valence-corrected chi connectivity index (χ0v) is 21.2. The second-order valence-corrected chi connectivity index (χ2v) is 9.04. The van der Waals surface area contributed by atoms with Crippen LogP contribution in [0.15, 0.2) is 83.3 Å². The van der Waals surface area contributed by atoms with Crippen molar-refractivity contribution in [3.8, 4) is 0 Å². The lowest BCUT2D eigenvalue weighted by Gasteiger charge is -2.16. The van der Waals surface area contributed by atoms with Gasteiger partial charge in [0.05, 0.1) is 0 Å². The van der Waals surface area contributed by atoms with E-state index in [-0.39, 0.29) is 11.2 Å². The third-order valence-corrected chi connectivity index (χ3v) is 6.05. The van der Waals surface area contributed by atoms with Gasteiger partial charge in [-0.05, 0) is 77.6 Å². The molecule has 0 bridgehead atoms. The minimum absolute atomic E-state index is 0.0575. The average molecular weight is 599 g/mol. The summed E-state index contributed by atoms with van der Waals surface area (Å²) in [6, 6.07) is 25.1. The average Bonchev–Trinajstić information content (AvgIpc) is 2.71. The molecule has 0 aliphatic heterocycles. The van der Waals surface area contributed by atoms with Crippen LogP contribution in [0, 0.1) is 3.57 Å². The second-order valence-electron chi connectivity index (χ2n) is 6.19. The molecule has 1 atom stereocenters. The lowest BCUT2D eigenvalue weighted by atomic mass is 10.1. The quantitative estimate of drug-likeness (QED) is 0.192. The van der Waals surface area contributed by atoms with Gasteiger partial charge in [0.1, 0.15) is 6.10 Å². The van der Waals surface area contributed by atoms with Gasteiger partial charge in [-0.2, -0.15) is 0 Å². The van der Waals surface area contributed by atoms with E-state index in [0.29, 0.717) is 10.6 Å². The summed E-state index contributed by atoms with van der Waals surface area (Å²) >= 11 is 14.8. The van der Waals surface area contributed by atoms with Crippen LogP contribution < -0.4 is 0 Å². The van der Waals surface area contributed by atoms with Crippen molar-refractivity contribution in [3.63, 3.8) is 0 Å². The largest absolute Gasteiger partial charge is 0.480 e. The number of thiol groups is 1. The van der Waals surface area contributed by atoms with Crippen molar-refractivity contribution >= 4 is 73.5 Å². The summed E-state index contributed by atoms with van der Waals surface area (Å²) in [6.45, 7) is 2.05. The second kappa shape index (κ2) is 12.5. The first kappa shape index (κ1) is 24.1. The minimum Gasteiger partial charge on any atom is -0.480 e. The number of hydrogen-bond acceptors (Lipinski definition) is 3. The molecule has 2 nitrogen and oxygen atoms in total. The highest BCUT2D eigenvalue weighted by Gasteiger charge is 2.10. The number of ether oxygens (including phenoxy) is 1. The van der Waals surface area contributed by atoms with Crippen LogP contribution in [0.1, 0.15) is 28.4 Å². The van der Waals surface area contributed by atoms with E-state index in [1.807, 2.05) is 55.5 Å². The number of hydrogen-bond donors (Lipinski definition) is 1. The van der Waals surface area contributed by atoms with Gasteiger partial charge in [-0.25, -0.2) is 0 Å². The smallest absolute Gasteiger partial charge is 0.216 e. The van der Waals surface area contributed by atoms with Crippen molar-refractivity contribution in [1.29, 1.82) is 0 Å². The summed E-state index contributed by atoms with van der Waals surface area (Å²) in [4.78, 5) is 10.5. The molecular formula is C23H20BrIO2S2. The van der Waals surface area contributed by atoms with Gasteiger partial charge in [-0.15, -0.1) is 12.6 Å². The Morgan fingerprint density at radius 3 is 2.14 bits per heavy atom. The van der Waals surface area contributed by atoms with Crippen molar-refractivity contribution in [3.05, 3.63) is 104 Å². The van der Waals surface area contributed by atoms with Gasteiger partial charge >= 0.3 is 0 Å². The molecule has 0 aliphatic rings. The zero-order valence-electron chi connectivity index (χ0n) is 15.7. The van der Waals surface area contributed by atoms with E-state index in [0.717, 1.165) is 16.5 Å². The van der Waals surface area contributed by atoms with E-state index in [2.05, 4.69) is 69.3 Å². The molecule has 0 fully saturated rings. The molecule has 0 saturated carbocycles.